The van der Waals surface area contributed by atoms with Gasteiger partial charge in [-0.25, -0.2) is 8.78 Å². The first-order valence-corrected chi connectivity index (χ1v) is 12.0. The first-order valence-electron chi connectivity index (χ1n) is 12.0. The first-order chi connectivity index (χ1) is 17.2. The number of fused-ring (bicyclic) bond motifs is 1. The zero-order valence-corrected chi connectivity index (χ0v) is 20.8. The lowest BCUT2D eigenvalue weighted by Crippen LogP contribution is -2.54. The highest BCUT2D eigenvalue weighted by atomic mass is 19.1. The highest BCUT2D eigenvalue weighted by molar-refractivity contribution is 6.40. The van der Waals surface area contributed by atoms with Gasteiger partial charge in [-0.1, -0.05) is 44.2 Å². The van der Waals surface area contributed by atoms with Crippen LogP contribution in [0.2, 0.25) is 0 Å². The SMILES string of the molecule is C/C(Cc1ccccc1)=N\N=C(\C(=O)NC1COc2cc(F)cc(F)c2N(C)C1=O)C1C(C)CC1C. The van der Waals surface area contributed by atoms with Crippen molar-refractivity contribution in [1.29, 1.82) is 0 Å². The molecule has 4 rings (SSSR count). The smallest absolute Gasteiger partial charge is 0.268 e. The number of nitrogens with zero attached hydrogens (tertiary/aromatic N) is 3. The molecule has 1 N–H and O–H groups in total. The molecule has 2 aromatic carbocycles. The van der Waals surface area contributed by atoms with E-state index in [9.17, 15) is 18.4 Å². The Labute approximate surface area is 209 Å². The predicted molar refractivity (Wildman–Crippen MR) is 134 cm³/mol. The van der Waals surface area contributed by atoms with E-state index in [0.29, 0.717) is 12.5 Å². The minimum absolute atomic E-state index is 0.101. The average molecular weight is 497 g/mol. The molecule has 1 fully saturated rings. The van der Waals surface area contributed by atoms with Gasteiger partial charge in [0.2, 0.25) is 0 Å². The van der Waals surface area contributed by atoms with Crippen molar-refractivity contribution in [2.75, 3.05) is 18.6 Å². The number of hydrogen-bond donors (Lipinski definition) is 1. The third-order valence-corrected chi connectivity index (χ3v) is 6.82. The van der Waals surface area contributed by atoms with Crippen LogP contribution in [0.15, 0.2) is 52.7 Å². The van der Waals surface area contributed by atoms with Crippen LogP contribution < -0.4 is 15.0 Å². The molecule has 0 spiro atoms. The molecule has 2 amide bonds. The molecule has 1 aliphatic heterocycles. The van der Waals surface area contributed by atoms with Crippen LogP contribution in [0.1, 0.15) is 32.8 Å². The Morgan fingerprint density at radius 3 is 2.50 bits per heavy atom. The van der Waals surface area contributed by atoms with Gasteiger partial charge in [-0.15, -0.1) is 5.10 Å². The Kier molecular flexibility index (Phi) is 7.47. The number of amides is 2. The van der Waals surface area contributed by atoms with E-state index in [0.717, 1.165) is 28.7 Å². The molecular weight excluding hydrogens is 466 g/mol. The molecule has 7 nitrogen and oxygen atoms in total. The summed E-state index contributed by atoms with van der Waals surface area (Å²) in [5.41, 5.74) is 1.91. The molecular formula is C27H30F2N4O3. The molecule has 36 heavy (non-hydrogen) atoms. The quantitative estimate of drug-likeness (QED) is 0.482. The number of anilines is 1. The lowest BCUT2D eigenvalue weighted by molar-refractivity contribution is -0.125. The van der Waals surface area contributed by atoms with Crippen LogP contribution in [0.5, 0.6) is 5.75 Å². The van der Waals surface area contributed by atoms with E-state index in [-0.39, 0.29) is 41.5 Å². The number of carbonyl (C=O) groups excluding carboxylic acids is 2. The van der Waals surface area contributed by atoms with Gasteiger partial charge in [-0.2, -0.15) is 5.10 Å². The summed E-state index contributed by atoms with van der Waals surface area (Å²) in [6.07, 6.45) is 1.55. The van der Waals surface area contributed by atoms with Crippen molar-refractivity contribution in [3.05, 3.63) is 59.7 Å². The second kappa shape index (κ2) is 10.6. The maximum Gasteiger partial charge on any atom is 0.268 e. The number of nitrogens with one attached hydrogen (secondary N) is 1. The summed E-state index contributed by atoms with van der Waals surface area (Å²) in [4.78, 5) is 27.5. The summed E-state index contributed by atoms with van der Waals surface area (Å²) >= 11 is 0. The lowest BCUT2D eigenvalue weighted by atomic mass is 9.64. The van der Waals surface area contributed by atoms with Crippen LogP contribution in [0.3, 0.4) is 0 Å². The summed E-state index contributed by atoms with van der Waals surface area (Å²) < 4.78 is 33.6. The monoisotopic (exact) mass is 496 g/mol. The van der Waals surface area contributed by atoms with E-state index >= 15 is 0 Å². The van der Waals surface area contributed by atoms with Gasteiger partial charge in [0.15, 0.2) is 5.82 Å². The molecule has 0 radical (unpaired) electrons. The Bertz CT molecular complexity index is 1210. The van der Waals surface area contributed by atoms with Crippen LogP contribution in [-0.4, -0.2) is 42.9 Å². The molecule has 0 saturated heterocycles. The van der Waals surface area contributed by atoms with Crippen molar-refractivity contribution < 1.29 is 23.1 Å². The molecule has 9 heteroatoms. The van der Waals surface area contributed by atoms with Gasteiger partial charge >= 0.3 is 0 Å². The third-order valence-electron chi connectivity index (χ3n) is 6.82. The minimum atomic E-state index is -1.11. The second-order valence-corrected chi connectivity index (χ2v) is 9.67. The number of carbonyl (C=O) groups is 2. The fraction of sp³-hybridized carbons (Fsp3) is 0.407. The second-order valence-electron chi connectivity index (χ2n) is 9.67. The number of ether oxygens (including phenoxy) is 1. The highest BCUT2D eigenvalue weighted by Gasteiger charge is 2.42. The predicted octanol–water partition coefficient (Wildman–Crippen LogP) is 4.16. The normalized spacial score (nSPS) is 24.4. The molecule has 2 aromatic rings. The Morgan fingerprint density at radius 2 is 1.83 bits per heavy atom. The molecule has 1 heterocycles. The summed E-state index contributed by atoms with van der Waals surface area (Å²) in [5.74, 6) is -2.58. The number of hydrogen-bond acceptors (Lipinski definition) is 5. The largest absolute Gasteiger partial charge is 0.488 e. The molecule has 0 aromatic heterocycles. The molecule has 3 unspecified atom stereocenters. The summed E-state index contributed by atoms with van der Waals surface area (Å²) in [5, 5.41) is 11.4. The Balaban J connectivity index is 1.56. The van der Waals surface area contributed by atoms with Crippen molar-refractivity contribution >= 4 is 28.9 Å². The molecule has 3 atom stereocenters. The van der Waals surface area contributed by atoms with Crippen LogP contribution in [0.25, 0.3) is 0 Å². The van der Waals surface area contributed by atoms with E-state index < -0.39 is 29.5 Å². The zero-order valence-electron chi connectivity index (χ0n) is 20.8. The maximum atomic E-state index is 14.4. The molecule has 0 bridgehead atoms. The number of benzene rings is 2. The van der Waals surface area contributed by atoms with E-state index in [1.54, 1.807) is 0 Å². The van der Waals surface area contributed by atoms with Crippen molar-refractivity contribution in [1.82, 2.24) is 5.32 Å². The van der Waals surface area contributed by atoms with Crippen molar-refractivity contribution in [3.63, 3.8) is 0 Å². The van der Waals surface area contributed by atoms with E-state index in [1.165, 1.54) is 7.05 Å². The van der Waals surface area contributed by atoms with Crippen LogP contribution >= 0.6 is 0 Å². The van der Waals surface area contributed by atoms with Crippen LogP contribution in [0, 0.1) is 29.4 Å². The van der Waals surface area contributed by atoms with Gasteiger partial charge in [0, 0.05) is 37.2 Å². The number of halogens is 2. The lowest BCUT2D eigenvalue weighted by Gasteiger charge is -2.41. The van der Waals surface area contributed by atoms with Gasteiger partial charge in [0.25, 0.3) is 11.8 Å². The topological polar surface area (TPSA) is 83.4 Å². The minimum Gasteiger partial charge on any atom is -0.488 e. The highest BCUT2D eigenvalue weighted by Crippen LogP contribution is 2.41. The van der Waals surface area contributed by atoms with Crippen molar-refractivity contribution in [2.24, 2.45) is 28.0 Å². The maximum absolute atomic E-state index is 14.4. The van der Waals surface area contributed by atoms with Crippen molar-refractivity contribution in [3.8, 4) is 5.75 Å². The standard InChI is InChI=1S/C27H30F2N4O3/c1-15-10-16(2)23(15)24(32-31-17(3)11-18-8-6-5-7-9-18)26(34)30-21-14-36-22-13-19(28)12-20(29)25(22)33(4)27(21)35/h5-9,12-13,15-16,21,23H,10-11,14H2,1-4H3,(H,30,34)/b31-17+,32-24+. The number of rotatable bonds is 6. The Hall–Kier alpha value is -3.62. The Morgan fingerprint density at radius 1 is 1.14 bits per heavy atom. The van der Waals surface area contributed by atoms with E-state index in [1.807, 2.05) is 37.3 Å². The average Bonchev–Trinajstić information content (AvgIpc) is 2.94. The zero-order chi connectivity index (χ0) is 26.0. The molecule has 1 aliphatic carbocycles. The summed E-state index contributed by atoms with van der Waals surface area (Å²) in [6, 6.07) is 10.4. The van der Waals surface area contributed by atoms with Crippen molar-refractivity contribution in [2.45, 2.75) is 39.7 Å². The van der Waals surface area contributed by atoms with Gasteiger partial charge in [-0.05, 0) is 30.7 Å². The fourth-order valence-corrected chi connectivity index (χ4v) is 5.01. The van der Waals surface area contributed by atoms with Gasteiger partial charge < -0.3 is 15.0 Å². The summed E-state index contributed by atoms with van der Waals surface area (Å²) in [6.45, 7) is 5.68. The number of likely N-dealkylation sites (N-methyl/N-ethyl adjacent to an activating group) is 1. The first kappa shape index (κ1) is 25.5. The van der Waals surface area contributed by atoms with Gasteiger partial charge in [-0.3, -0.25) is 9.59 Å². The van der Waals surface area contributed by atoms with E-state index in [2.05, 4.69) is 29.4 Å². The van der Waals surface area contributed by atoms with Crippen LogP contribution in [0.4, 0.5) is 14.5 Å². The fourth-order valence-electron chi connectivity index (χ4n) is 5.01. The molecule has 2 aliphatic rings. The molecule has 1 saturated carbocycles. The van der Waals surface area contributed by atoms with Gasteiger partial charge in [0.1, 0.15) is 35.6 Å². The van der Waals surface area contributed by atoms with Crippen LogP contribution in [-0.2, 0) is 16.0 Å². The summed E-state index contributed by atoms with van der Waals surface area (Å²) in [7, 11) is 1.36. The van der Waals surface area contributed by atoms with E-state index in [4.69, 9.17) is 4.74 Å². The molecule has 190 valence electrons. The van der Waals surface area contributed by atoms with Gasteiger partial charge in [0.05, 0.1) is 0 Å². The third kappa shape index (κ3) is 5.29.